The number of aromatic nitrogens is 3. The van der Waals surface area contributed by atoms with Gasteiger partial charge >= 0.3 is 12.5 Å². The molecule has 0 aliphatic carbocycles. The molecule has 1 atom stereocenters. The average molecular weight is 425 g/mol. The van der Waals surface area contributed by atoms with Crippen molar-refractivity contribution in [2.45, 2.75) is 18.5 Å². The molecule has 0 spiro atoms. The van der Waals surface area contributed by atoms with Crippen LogP contribution in [0.15, 0.2) is 23.3 Å². The summed E-state index contributed by atoms with van der Waals surface area (Å²) in [6.07, 6.45) is 0.727. The van der Waals surface area contributed by atoms with Gasteiger partial charge in [0.25, 0.3) is 11.9 Å². The summed E-state index contributed by atoms with van der Waals surface area (Å²) in [4.78, 5) is 19.2. The molecule has 8 nitrogen and oxygen atoms in total. The monoisotopic (exact) mass is 424 g/mol. The second-order valence-corrected chi connectivity index (χ2v) is 5.93. The first-order valence-corrected chi connectivity index (χ1v) is 7.81. The molecule has 14 heteroatoms. The third-order valence-electron chi connectivity index (χ3n) is 3.54. The van der Waals surface area contributed by atoms with E-state index < -0.39 is 54.3 Å². The Labute approximate surface area is 158 Å². The van der Waals surface area contributed by atoms with Gasteiger partial charge in [0.2, 0.25) is 0 Å². The topological polar surface area (TPSA) is 107 Å². The van der Waals surface area contributed by atoms with Crippen molar-refractivity contribution < 1.29 is 31.5 Å². The number of anilines is 1. The van der Waals surface area contributed by atoms with E-state index in [1.54, 1.807) is 0 Å². The van der Waals surface area contributed by atoms with Crippen LogP contribution in [0.5, 0.6) is 0 Å². The van der Waals surface area contributed by atoms with E-state index in [1.165, 1.54) is 0 Å². The first kappa shape index (κ1) is 19.8. The van der Waals surface area contributed by atoms with Gasteiger partial charge in [-0.1, -0.05) is 11.6 Å². The Bertz CT molecular complexity index is 950. The van der Waals surface area contributed by atoms with Crippen LogP contribution in [0.1, 0.15) is 28.8 Å². The number of halogens is 6. The summed E-state index contributed by atoms with van der Waals surface area (Å²) in [5, 5.41) is 5.05. The molecule has 0 saturated heterocycles. The Balaban J connectivity index is 1.90. The molecule has 0 aromatic carbocycles. The number of nitrogens with zero attached hydrogens (tertiary/aromatic N) is 4. The minimum atomic E-state index is -3.61. The normalized spacial score (nSPS) is 18.5. The Morgan fingerprint density at radius 1 is 1.43 bits per heavy atom. The zero-order valence-electron chi connectivity index (χ0n) is 13.5. The van der Waals surface area contributed by atoms with E-state index >= 15 is 0 Å². The SMILES string of the molecule is NC1=N[C@H](c2nc(NC(=O)c3nn(C(F)F)cc3Cl)ccc2F)C(F)(F)CO1. The lowest BCUT2D eigenvalue weighted by molar-refractivity contribution is -0.0798. The fourth-order valence-corrected chi connectivity index (χ4v) is 2.51. The molecule has 2 aromatic rings. The van der Waals surface area contributed by atoms with Crippen LogP contribution in [0.4, 0.5) is 27.8 Å². The van der Waals surface area contributed by atoms with Gasteiger partial charge in [0.15, 0.2) is 18.3 Å². The Kier molecular flexibility index (Phi) is 5.10. The Hall–Kier alpha value is -2.96. The van der Waals surface area contributed by atoms with Crippen LogP contribution in [0, 0.1) is 5.82 Å². The lowest BCUT2D eigenvalue weighted by atomic mass is 10.1. The van der Waals surface area contributed by atoms with Crippen LogP contribution in [0.25, 0.3) is 0 Å². The number of rotatable bonds is 4. The summed E-state index contributed by atoms with van der Waals surface area (Å²) < 4.78 is 71.9. The number of carbonyl (C=O) groups excluding carboxylic acids is 1. The van der Waals surface area contributed by atoms with Gasteiger partial charge in [-0.3, -0.25) is 4.79 Å². The van der Waals surface area contributed by atoms with Crippen molar-refractivity contribution in [3.8, 4) is 0 Å². The minimum Gasteiger partial charge on any atom is -0.459 e. The molecule has 0 radical (unpaired) electrons. The lowest BCUT2D eigenvalue weighted by Gasteiger charge is -2.27. The molecule has 1 aliphatic heterocycles. The largest absolute Gasteiger partial charge is 0.459 e. The van der Waals surface area contributed by atoms with E-state index in [0.29, 0.717) is 0 Å². The molecule has 1 aliphatic rings. The maximum Gasteiger partial charge on any atom is 0.333 e. The molecule has 0 saturated carbocycles. The van der Waals surface area contributed by atoms with Crippen molar-refractivity contribution >= 4 is 29.3 Å². The van der Waals surface area contributed by atoms with Crippen LogP contribution in [-0.4, -0.2) is 39.2 Å². The summed E-state index contributed by atoms with van der Waals surface area (Å²) >= 11 is 5.68. The third kappa shape index (κ3) is 3.83. The average Bonchev–Trinajstić information content (AvgIpc) is 3.01. The van der Waals surface area contributed by atoms with Crippen molar-refractivity contribution in [2.75, 3.05) is 11.9 Å². The van der Waals surface area contributed by atoms with E-state index in [1.807, 2.05) is 0 Å². The van der Waals surface area contributed by atoms with Crippen molar-refractivity contribution in [3.63, 3.8) is 0 Å². The smallest absolute Gasteiger partial charge is 0.333 e. The molecule has 28 heavy (non-hydrogen) atoms. The second-order valence-electron chi connectivity index (χ2n) is 5.52. The summed E-state index contributed by atoms with van der Waals surface area (Å²) in [7, 11) is 0. The molecule has 1 amide bonds. The zero-order chi connectivity index (χ0) is 20.6. The minimum absolute atomic E-state index is 0.154. The Morgan fingerprint density at radius 3 is 2.79 bits per heavy atom. The maximum absolute atomic E-state index is 14.1. The van der Waals surface area contributed by atoms with Gasteiger partial charge in [-0.25, -0.2) is 19.0 Å². The van der Waals surface area contributed by atoms with Gasteiger partial charge in [-0.05, 0) is 12.1 Å². The van der Waals surface area contributed by atoms with Gasteiger partial charge in [-0.15, -0.1) is 0 Å². The molecule has 3 N–H and O–H groups in total. The number of alkyl halides is 4. The summed E-state index contributed by atoms with van der Waals surface area (Å²) in [5.74, 6) is -6.16. The van der Waals surface area contributed by atoms with E-state index in [0.717, 1.165) is 18.3 Å². The standard InChI is InChI=1S/C14H10ClF5N6O2/c15-5-3-26(12(17)18)25-8(5)11(27)23-7-2-1-6(16)9(22-7)10-14(19,20)4-28-13(21)24-10/h1-3,10,12H,4H2,(H2,21,24)(H,22,23,27)/t10-/m1/s1. The molecule has 3 heterocycles. The van der Waals surface area contributed by atoms with Crippen LogP contribution in [-0.2, 0) is 4.74 Å². The molecule has 3 rings (SSSR count). The quantitative estimate of drug-likeness (QED) is 0.734. The number of amides is 1. The van der Waals surface area contributed by atoms with Gasteiger partial charge in [-0.2, -0.15) is 22.7 Å². The van der Waals surface area contributed by atoms with Crippen LogP contribution >= 0.6 is 11.6 Å². The number of aliphatic imine (C=N–C) groups is 1. The highest BCUT2D eigenvalue weighted by Gasteiger charge is 2.47. The number of pyridine rings is 1. The number of hydrogen-bond donors (Lipinski definition) is 2. The van der Waals surface area contributed by atoms with Gasteiger partial charge in [0, 0.05) is 0 Å². The maximum atomic E-state index is 14.1. The van der Waals surface area contributed by atoms with Crippen molar-refractivity contribution in [1.82, 2.24) is 14.8 Å². The van der Waals surface area contributed by atoms with Crippen molar-refractivity contribution in [2.24, 2.45) is 10.7 Å². The van der Waals surface area contributed by atoms with Gasteiger partial charge < -0.3 is 15.8 Å². The first-order chi connectivity index (χ1) is 13.1. The number of amidine groups is 1. The first-order valence-electron chi connectivity index (χ1n) is 7.43. The highest BCUT2D eigenvalue weighted by Crippen LogP contribution is 2.38. The fourth-order valence-electron chi connectivity index (χ4n) is 2.29. The fraction of sp³-hybridized carbons (Fsp3) is 0.286. The van der Waals surface area contributed by atoms with Crippen LogP contribution in [0.2, 0.25) is 5.02 Å². The molecule has 0 unspecified atom stereocenters. The molecular formula is C14H10ClF5N6O2. The van der Waals surface area contributed by atoms with Crippen LogP contribution in [0.3, 0.4) is 0 Å². The third-order valence-corrected chi connectivity index (χ3v) is 3.82. The van der Waals surface area contributed by atoms with Crippen molar-refractivity contribution in [1.29, 1.82) is 0 Å². The summed E-state index contributed by atoms with van der Waals surface area (Å²) in [5.41, 5.74) is 3.90. The van der Waals surface area contributed by atoms with E-state index in [4.69, 9.17) is 17.3 Å². The predicted molar refractivity (Wildman–Crippen MR) is 85.9 cm³/mol. The summed E-state index contributed by atoms with van der Waals surface area (Å²) in [6, 6.07) is -0.913. The van der Waals surface area contributed by atoms with Gasteiger partial charge in [0.1, 0.15) is 17.3 Å². The number of ether oxygens (including phenoxy) is 1. The zero-order valence-corrected chi connectivity index (χ0v) is 14.3. The molecular weight excluding hydrogens is 415 g/mol. The van der Waals surface area contributed by atoms with Crippen LogP contribution < -0.4 is 11.1 Å². The van der Waals surface area contributed by atoms with E-state index in [-0.39, 0.29) is 15.5 Å². The summed E-state index contributed by atoms with van der Waals surface area (Å²) in [6.45, 7) is -4.17. The number of carbonyl (C=O) groups is 1. The van der Waals surface area contributed by atoms with E-state index in [2.05, 4.69) is 25.1 Å². The highest BCUT2D eigenvalue weighted by molar-refractivity contribution is 6.34. The second kappa shape index (κ2) is 7.22. The predicted octanol–water partition coefficient (Wildman–Crippen LogP) is 2.74. The molecule has 2 aromatic heterocycles. The number of nitrogens with one attached hydrogen (secondary N) is 1. The van der Waals surface area contributed by atoms with Gasteiger partial charge in [0.05, 0.1) is 11.2 Å². The molecule has 150 valence electrons. The lowest BCUT2D eigenvalue weighted by Crippen LogP contribution is -2.40. The Morgan fingerprint density at radius 2 is 2.14 bits per heavy atom. The highest BCUT2D eigenvalue weighted by atomic mass is 35.5. The molecule has 0 fully saturated rings. The molecule has 0 bridgehead atoms. The van der Waals surface area contributed by atoms with Crippen molar-refractivity contribution in [3.05, 3.63) is 40.6 Å². The number of nitrogens with two attached hydrogens (primary N) is 1. The van der Waals surface area contributed by atoms with E-state index in [9.17, 15) is 26.7 Å². The number of hydrogen-bond acceptors (Lipinski definition) is 6.